The molecule has 1 fully saturated rings. The Kier molecular flexibility index (Phi) is 4.01. The first-order chi connectivity index (χ1) is 10.1. The Morgan fingerprint density at radius 2 is 2.14 bits per heavy atom. The summed E-state index contributed by atoms with van der Waals surface area (Å²) in [6.07, 6.45) is 3.63. The van der Waals surface area contributed by atoms with Gasteiger partial charge in [0.25, 0.3) is 5.91 Å². The van der Waals surface area contributed by atoms with Gasteiger partial charge < -0.3 is 4.90 Å². The van der Waals surface area contributed by atoms with E-state index < -0.39 is 0 Å². The van der Waals surface area contributed by atoms with Crippen LogP contribution in [0.1, 0.15) is 28.8 Å². The molecule has 0 radical (unpaired) electrons. The number of pyridine rings is 1. The molecule has 0 unspecified atom stereocenters. The summed E-state index contributed by atoms with van der Waals surface area (Å²) in [5, 5.41) is 0. The Balaban J connectivity index is 1.85. The largest absolute Gasteiger partial charge is 0.331 e. The minimum atomic E-state index is -0.279. The van der Waals surface area contributed by atoms with E-state index in [9.17, 15) is 9.18 Å². The van der Waals surface area contributed by atoms with Crippen LogP contribution in [0.5, 0.6) is 0 Å². The third-order valence-electron chi connectivity index (χ3n) is 3.48. The molecule has 21 heavy (non-hydrogen) atoms. The molecule has 2 aromatic rings. The van der Waals surface area contributed by atoms with Crippen LogP contribution in [0.3, 0.4) is 0 Å². The molecular formula is C16H14BrFN2O. The van der Waals surface area contributed by atoms with Crippen LogP contribution < -0.4 is 0 Å². The van der Waals surface area contributed by atoms with Gasteiger partial charge in [-0.3, -0.25) is 4.79 Å². The summed E-state index contributed by atoms with van der Waals surface area (Å²) >= 11 is 3.31. The average Bonchev–Trinajstić information content (AvgIpc) is 3.29. The molecule has 0 spiro atoms. The number of rotatable bonds is 4. The number of nitrogens with zero attached hydrogens (tertiary/aromatic N) is 2. The number of carbonyl (C=O) groups is 1. The minimum Gasteiger partial charge on any atom is -0.331 e. The average molecular weight is 349 g/mol. The molecule has 1 aliphatic rings. The van der Waals surface area contributed by atoms with Gasteiger partial charge in [0.2, 0.25) is 0 Å². The van der Waals surface area contributed by atoms with E-state index in [1.807, 2.05) is 6.07 Å². The molecule has 0 atom stereocenters. The maximum atomic E-state index is 13.3. The standard InChI is InChI=1S/C16H14BrFN2O/c17-15-14(5-2-8-19-15)16(21)20(13-6-7-13)10-11-3-1-4-12(18)9-11/h1-5,8-9,13H,6-7,10H2. The van der Waals surface area contributed by atoms with E-state index in [4.69, 9.17) is 0 Å². The van der Waals surface area contributed by atoms with Gasteiger partial charge in [-0.05, 0) is 58.6 Å². The molecule has 1 saturated carbocycles. The first-order valence-electron chi connectivity index (χ1n) is 6.81. The lowest BCUT2D eigenvalue weighted by atomic mass is 10.1. The lowest BCUT2D eigenvalue weighted by Crippen LogP contribution is -2.33. The van der Waals surface area contributed by atoms with Crippen molar-refractivity contribution in [3.05, 3.63) is 64.1 Å². The van der Waals surface area contributed by atoms with Crippen LogP contribution in [0.25, 0.3) is 0 Å². The van der Waals surface area contributed by atoms with Crippen molar-refractivity contribution in [3.8, 4) is 0 Å². The van der Waals surface area contributed by atoms with E-state index in [-0.39, 0.29) is 17.8 Å². The van der Waals surface area contributed by atoms with Gasteiger partial charge in [-0.25, -0.2) is 9.37 Å². The predicted octanol–water partition coefficient (Wildman–Crippen LogP) is 3.79. The Hall–Kier alpha value is -1.75. The van der Waals surface area contributed by atoms with Gasteiger partial charge in [-0.1, -0.05) is 12.1 Å². The topological polar surface area (TPSA) is 33.2 Å². The Bertz CT molecular complexity index is 673. The van der Waals surface area contributed by atoms with Crippen LogP contribution in [-0.4, -0.2) is 21.8 Å². The van der Waals surface area contributed by atoms with Crippen LogP contribution in [0, 0.1) is 5.82 Å². The third kappa shape index (κ3) is 3.29. The number of amides is 1. The van der Waals surface area contributed by atoms with Gasteiger partial charge in [-0.15, -0.1) is 0 Å². The maximum Gasteiger partial charge on any atom is 0.257 e. The van der Waals surface area contributed by atoms with Crippen LogP contribution >= 0.6 is 15.9 Å². The fraction of sp³-hybridized carbons (Fsp3) is 0.250. The second-order valence-corrected chi connectivity index (χ2v) is 5.89. The van der Waals surface area contributed by atoms with Crippen LogP contribution in [-0.2, 0) is 6.54 Å². The zero-order chi connectivity index (χ0) is 14.8. The van der Waals surface area contributed by atoms with Gasteiger partial charge in [0.15, 0.2) is 0 Å². The summed E-state index contributed by atoms with van der Waals surface area (Å²) < 4.78 is 13.8. The van der Waals surface area contributed by atoms with E-state index >= 15 is 0 Å². The number of hydrogen-bond acceptors (Lipinski definition) is 2. The first-order valence-corrected chi connectivity index (χ1v) is 7.60. The summed E-state index contributed by atoms with van der Waals surface area (Å²) in [4.78, 5) is 18.6. The molecule has 0 aliphatic heterocycles. The fourth-order valence-electron chi connectivity index (χ4n) is 2.29. The van der Waals surface area contributed by atoms with Crippen molar-refractivity contribution in [1.29, 1.82) is 0 Å². The van der Waals surface area contributed by atoms with Crippen LogP contribution in [0.15, 0.2) is 47.2 Å². The van der Waals surface area contributed by atoms with Crippen molar-refractivity contribution < 1.29 is 9.18 Å². The molecule has 5 heteroatoms. The van der Waals surface area contributed by atoms with E-state index in [1.165, 1.54) is 12.1 Å². The van der Waals surface area contributed by atoms with E-state index in [1.54, 1.807) is 29.3 Å². The maximum absolute atomic E-state index is 13.3. The van der Waals surface area contributed by atoms with Crippen LogP contribution in [0.4, 0.5) is 4.39 Å². The minimum absolute atomic E-state index is 0.0678. The normalized spacial score (nSPS) is 14.0. The molecule has 1 heterocycles. The molecule has 1 aromatic heterocycles. The van der Waals surface area contributed by atoms with Crippen molar-refractivity contribution in [3.63, 3.8) is 0 Å². The van der Waals surface area contributed by atoms with Crippen molar-refractivity contribution >= 4 is 21.8 Å². The highest BCUT2D eigenvalue weighted by Crippen LogP contribution is 2.30. The quantitative estimate of drug-likeness (QED) is 0.787. The van der Waals surface area contributed by atoms with Gasteiger partial charge in [-0.2, -0.15) is 0 Å². The SMILES string of the molecule is O=C(c1cccnc1Br)N(Cc1cccc(F)c1)C1CC1. The third-order valence-corrected chi connectivity index (χ3v) is 4.11. The zero-order valence-electron chi connectivity index (χ0n) is 11.3. The first kappa shape index (κ1) is 14.2. The van der Waals surface area contributed by atoms with E-state index in [0.29, 0.717) is 16.7 Å². The fourth-order valence-corrected chi connectivity index (χ4v) is 2.71. The monoisotopic (exact) mass is 348 g/mol. The lowest BCUT2D eigenvalue weighted by Gasteiger charge is -2.23. The Labute approximate surface area is 130 Å². The van der Waals surface area contributed by atoms with Crippen molar-refractivity contribution in [2.24, 2.45) is 0 Å². The van der Waals surface area contributed by atoms with Gasteiger partial charge in [0.1, 0.15) is 10.4 Å². The van der Waals surface area contributed by atoms with Gasteiger partial charge >= 0.3 is 0 Å². The number of hydrogen-bond donors (Lipinski definition) is 0. The second kappa shape index (κ2) is 5.93. The molecule has 1 aromatic carbocycles. The van der Waals surface area contributed by atoms with Gasteiger partial charge in [0, 0.05) is 18.8 Å². The van der Waals surface area contributed by atoms with Crippen molar-refractivity contribution in [1.82, 2.24) is 9.88 Å². The number of aromatic nitrogens is 1. The number of benzene rings is 1. The molecule has 0 saturated heterocycles. The number of halogens is 2. The summed E-state index contributed by atoms with van der Waals surface area (Å²) in [7, 11) is 0. The summed E-state index contributed by atoms with van der Waals surface area (Å²) in [5.74, 6) is -0.347. The van der Waals surface area contributed by atoms with Crippen molar-refractivity contribution in [2.45, 2.75) is 25.4 Å². The van der Waals surface area contributed by atoms with Gasteiger partial charge in [0.05, 0.1) is 5.56 Å². The van der Waals surface area contributed by atoms with Crippen LogP contribution in [0.2, 0.25) is 0 Å². The van der Waals surface area contributed by atoms with E-state index in [0.717, 1.165) is 18.4 Å². The van der Waals surface area contributed by atoms with Crippen molar-refractivity contribution in [2.75, 3.05) is 0 Å². The smallest absolute Gasteiger partial charge is 0.257 e. The predicted molar refractivity (Wildman–Crippen MR) is 81.2 cm³/mol. The summed E-state index contributed by atoms with van der Waals surface area (Å²) in [5.41, 5.74) is 1.34. The van der Waals surface area contributed by atoms with E-state index in [2.05, 4.69) is 20.9 Å². The molecular weight excluding hydrogens is 335 g/mol. The summed E-state index contributed by atoms with van der Waals surface area (Å²) in [6.45, 7) is 0.419. The molecule has 0 bridgehead atoms. The highest BCUT2D eigenvalue weighted by Gasteiger charge is 2.33. The lowest BCUT2D eigenvalue weighted by molar-refractivity contribution is 0.0728. The number of carbonyl (C=O) groups excluding carboxylic acids is 1. The molecule has 3 rings (SSSR count). The highest BCUT2D eigenvalue weighted by molar-refractivity contribution is 9.10. The Morgan fingerprint density at radius 1 is 1.33 bits per heavy atom. The molecule has 108 valence electrons. The second-order valence-electron chi connectivity index (χ2n) is 5.14. The molecule has 0 N–H and O–H groups in total. The zero-order valence-corrected chi connectivity index (χ0v) is 12.9. The summed E-state index contributed by atoms with van der Waals surface area (Å²) in [6, 6.07) is 10.1. The molecule has 1 aliphatic carbocycles. The molecule has 3 nitrogen and oxygen atoms in total. The Morgan fingerprint density at radius 3 is 2.81 bits per heavy atom. The molecule has 1 amide bonds. The highest BCUT2D eigenvalue weighted by atomic mass is 79.9.